The third-order valence-electron chi connectivity index (χ3n) is 3.65. The van der Waals surface area contributed by atoms with Crippen LogP contribution in [0.2, 0.25) is 5.02 Å². The van der Waals surface area contributed by atoms with E-state index < -0.39 is 5.97 Å². The van der Waals surface area contributed by atoms with Gasteiger partial charge in [-0.2, -0.15) is 5.10 Å². The van der Waals surface area contributed by atoms with Crippen molar-refractivity contribution in [1.29, 1.82) is 0 Å². The lowest BCUT2D eigenvalue weighted by Gasteiger charge is -2.14. The van der Waals surface area contributed by atoms with Crippen LogP contribution in [0.15, 0.2) is 36.5 Å². The normalized spacial score (nSPS) is 17.5. The van der Waals surface area contributed by atoms with E-state index in [1.165, 1.54) is 16.9 Å². The number of aromatic nitrogens is 2. The second kappa shape index (κ2) is 9.42. The third-order valence-corrected chi connectivity index (χ3v) is 4.08. The summed E-state index contributed by atoms with van der Waals surface area (Å²) in [5.74, 6) is -0.680. The molecular weight excluding hydrogens is 330 g/mol. The quantitative estimate of drug-likeness (QED) is 0.888. The van der Waals surface area contributed by atoms with E-state index in [4.69, 9.17) is 21.4 Å². The van der Waals surface area contributed by atoms with E-state index >= 15 is 0 Å². The summed E-state index contributed by atoms with van der Waals surface area (Å²) in [6.07, 6.45) is 1.51. The summed E-state index contributed by atoms with van der Waals surface area (Å²) in [6.45, 7) is 5.59. The van der Waals surface area contributed by atoms with Crippen molar-refractivity contribution in [2.24, 2.45) is 5.92 Å². The SMILES string of the molecule is Cc1ccccc1Cl.O=C(O)c1ccnn1CC1CNCCOC1. The van der Waals surface area contributed by atoms with Crippen LogP contribution >= 0.6 is 11.6 Å². The maximum atomic E-state index is 10.9. The Morgan fingerprint density at radius 1 is 1.46 bits per heavy atom. The van der Waals surface area contributed by atoms with Crippen LogP contribution in [-0.4, -0.2) is 47.2 Å². The summed E-state index contributed by atoms with van der Waals surface area (Å²) in [4.78, 5) is 10.9. The number of hydrogen-bond donors (Lipinski definition) is 2. The molecule has 3 rings (SSSR count). The van der Waals surface area contributed by atoms with Crippen molar-refractivity contribution in [2.75, 3.05) is 26.3 Å². The number of ether oxygens (including phenoxy) is 1. The molecule has 1 fully saturated rings. The van der Waals surface area contributed by atoms with Gasteiger partial charge in [0, 0.05) is 36.8 Å². The van der Waals surface area contributed by atoms with Crippen LogP contribution in [0, 0.1) is 12.8 Å². The average Bonchev–Trinajstić information content (AvgIpc) is 2.87. The van der Waals surface area contributed by atoms with Crippen molar-refractivity contribution in [3.8, 4) is 0 Å². The monoisotopic (exact) mass is 351 g/mol. The van der Waals surface area contributed by atoms with Gasteiger partial charge in [0.05, 0.1) is 13.2 Å². The van der Waals surface area contributed by atoms with Crippen LogP contribution in [0.1, 0.15) is 16.1 Å². The molecule has 0 bridgehead atoms. The Kier molecular flexibility index (Phi) is 7.24. The van der Waals surface area contributed by atoms with Crippen molar-refractivity contribution in [1.82, 2.24) is 15.1 Å². The first-order chi connectivity index (χ1) is 11.6. The summed E-state index contributed by atoms with van der Waals surface area (Å²) in [7, 11) is 0. The van der Waals surface area contributed by atoms with Crippen LogP contribution in [0.3, 0.4) is 0 Å². The second-order valence-corrected chi connectivity index (χ2v) is 6.01. The molecule has 24 heavy (non-hydrogen) atoms. The number of nitrogens with zero attached hydrogens (tertiary/aromatic N) is 2. The maximum absolute atomic E-state index is 10.9. The van der Waals surface area contributed by atoms with Crippen molar-refractivity contribution in [3.63, 3.8) is 0 Å². The molecular formula is C17H22ClN3O3. The van der Waals surface area contributed by atoms with Gasteiger partial charge in [-0.15, -0.1) is 0 Å². The molecule has 1 aromatic carbocycles. The number of rotatable bonds is 3. The highest BCUT2D eigenvalue weighted by molar-refractivity contribution is 6.31. The number of carboxylic acid groups (broad SMARTS) is 1. The van der Waals surface area contributed by atoms with E-state index in [1.807, 2.05) is 31.2 Å². The Hall–Kier alpha value is -1.89. The van der Waals surface area contributed by atoms with E-state index in [0.29, 0.717) is 19.8 Å². The first kappa shape index (κ1) is 18.4. The highest BCUT2D eigenvalue weighted by Gasteiger charge is 2.17. The highest BCUT2D eigenvalue weighted by Crippen LogP contribution is 2.12. The molecule has 2 aromatic rings. The molecule has 7 heteroatoms. The van der Waals surface area contributed by atoms with Gasteiger partial charge >= 0.3 is 5.97 Å². The molecule has 2 heterocycles. The summed E-state index contributed by atoms with van der Waals surface area (Å²) < 4.78 is 6.92. The largest absolute Gasteiger partial charge is 0.477 e. The lowest BCUT2D eigenvalue weighted by Crippen LogP contribution is -2.27. The molecule has 0 aliphatic carbocycles. The standard InChI is InChI=1S/C10H15N3O3.C7H7Cl/c14-10(15)9-1-2-12-13(9)6-8-5-11-3-4-16-7-8;1-6-4-2-3-5-7(6)8/h1-2,8,11H,3-7H2,(H,14,15);2-5H,1H3. The van der Waals surface area contributed by atoms with Crippen LogP contribution in [-0.2, 0) is 11.3 Å². The predicted molar refractivity (Wildman–Crippen MR) is 92.6 cm³/mol. The fourth-order valence-corrected chi connectivity index (χ4v) is 2.47. The van der Waals surface area contributed by atoms with Crippen molar-refractivity contribution in [3.05, 3.63) is 52.8 Å². The first-order valence-corrected chi connectivity index (χ1v) is 8.20. The fourth-order valence-electron chi connectivity index (χ4n) is 2.33. The zero-order chi connectivity index (χ0) is 17.4. The molecule has 1 aliphatic rings. The zero-order valence-corrected chi connectivity index (χ0v) is 14.4. The molecule has 0 radical (unpaired) electrons. The summed E-state index contributed by atoms with van der Waals surface area (Å²) in [5.41, 5.74) is 1.36. The summed E-state index contributed by atoms with van der Waals surface area (Å²) in [5, 5.41) is 17.0. The van der Waals surface area contributed by atoms with Crippen molar-refractivity contribution >= 4 is 17.6 Å². The summed E-state index contributed by atoms with van der Waals surface area (Å²) in [6, 6.07) is 9.28. The van der Waals surface area contributed by atoms with E-state index in [2.05, 4.69) is 10.4 Å². The molecule has 1 saturated heterocycles. The number of benzene rings is 1. The zero-order valence-electron chi connectivity index (χ0n) is 13.6. The van der Waals surface area contributed by atoms with Gasteiger partial charge in [-0.25, -0.2) is 4.79 Å². The van der Waals surface area contributed by atoms with E-state index in [0.717, 1.165) is 23.7 Å². The molecule has 1 atom stereocenters. The van der Waals surface area contributed by atoms with Gasteiger partial charge in [-0.1, -0.05) is 29.8 Å². The van der Waals surface area contributed by atoms with Gasteiger partial charge < -0.3 is 15.2 Å². The number of halogens is 1. The van der Waals surface area contributed by atoms with Crippen molar-refractivity contribution < 1.29 is 14.6 Å². The number of carbonyl (C=O) groups is 1. The minimum absolute atomic E-state index is 0.226. The molecule has 1 aliphatic heterocycles. The van der Waals surface area contributed by atoms with Gasteiger partial charge in [-0.05, 0) is 24.6 Å². The van der Waals surface area contributed by atoms with E-state index in [9.17, 15) is 4.79 Å². The number of aromatic carboxylic acids is 1. The maximum Gasteiger partial charge on any atom is 0.354 e. The Morgan fingerprint density at radius 2 is 2.25 bits per heavy atom. The topological polar surface area (TPSA) is 76.4 Å². The Morgan fingerprint density at radius 3 is 2.92 bits per heavy atom. The predicted octanol–water partition coefficient (Wildman–Crippen LogP) is 2.47. The Labute approximate surface area is 146 Å². The third kappa shape index (κ3) is 5.63. The second-order valence-electron chi connectivity index (χ2n) is 5.60. The van der Waals surface area contributed by atoms with Crippen LogP contribution < -0.4 is 5.32 Å². The lowest BCUT2D eigenvalue weighted by atomic mass is 10.1. The summed E-state index contributed by atoms with van der Waals surface area (Å²) >= 11 is 5.71. The van der Waals surface area contributed by atoms with Gasteiger partial charge in [0.2, 0.25) is 0 Å². The molecule has 1 unspecified atom stereocenters. The number of hydrogen-bond acceptors (Lipinski definition) is 4. The molecule has 6 nitrogen and oxygen atoms in total. The fraction of sp³-hybridized carbons (Fsp3) is 0.412. The van der Waals surface area contributed by atoms with Crippen LogP contribution in [0.25, 0.3) is 0 Å². The smallest absolute Gasteiger partial charge is 0.354 e. The number of carboxylic acids is 1. The van der Waals surface area contributed by atoms with Crippen LogP contribution in [0.4, 0.5) is 0 Å². The van der Waals surface area contributed by atoms with Crippen molar-refractivity contribution in [2.45, 2.75) is 13.5 Å². The Balaban J connectivity index is 0.000000219. The lowest BCUT2D eigenvalue weighted by molar-refractivity contribution is 0.0677. The molecule has 1 aromatic heterocycles. The molecule has 130 valence electrons. The minimum atomic E-state index is -0.944. The number of aryl methyl sites for hydroxylation is 1. The van der Waals surface area contributed by atoms with Gasteiger partial charge in [0.15, 0.2) is 0 Å². The molecule has 2 N–H and O–H groups in total. The van der Waals surface area contributed by atoms with E-state index in [1.54, 1.807) is 0 Å². The average molecular weight is 352 g/mol. The van der Waals surface area contributed by atoms with Crippen LogP contribution in [0.5, 0.6) is 0 Å². The molecule has 0 amide bonds. The molecule has 0 spiro atoms. The van der Waals surface area contributed by atoms with Gasteiger partial charge in [0.1, 0.15) is 5.69 Å². The minimum Gasteiger partial charge on any atom is -0.477 e. The van der Waals surface area contributed by atoms with Gasteiger partial charge in [0.25, 0.3) is 0 Å². The molecule has 0 saturated carbocycles. The van der Waals surface area contributed by atoms with E-state index in [-0.39, 0.29) is 11.6 Å². The first-order valence-electron chi connectivity index (χ1n) is 7.82. The number of nitrogens with one attached hydrogen (secondary N) is 1. The Bertz CT molecular complexity index is 631. The van der Waals surface area contributed by atoms with Gasteiger partial charge in [-0.3, -0.25) is 4.68 Å². The highest BCUT2D eigenvalue weighted by atomic mass is 35.5.